The number of aliphatic hydroxyl groups excluding tert-OH is 1. The van der Waals surface area contributed by atoms with E-state index in [-0.39, 0.29) is 35.7 Å². The summed E-state index contributed by atoms with van der Waals surface area (Å²) in [6.07, 6.45) is 2.97. The number of nitrogens with zero attached hydrogens (tertiary/aromatic N) is 6. The first-order valence-electron chi connectivity index (χ1n) is 12.1. The largest absolute Gasteiger partial charge is 0.497 e. The van der Waals surface area contributed by atoms with Crippen molar-refractivity contribution < 1.29 is 23.8 Å². The van der Waals surface area contributed by atoms with Crippen LogP contribution in [0, 0.1) is 5.82 Å². The number of hydrogen-bond acceptors (Lipinski definition) is 9. The van der Waals surface area contributed by atoms with E-state index < -0.39 is 24.4 Å². The van der Waals surface area contributed by atoms with Crippen LogP contribution in [0.1, 0.15) is 27.5 Å². The highest BCUT2D eigenvalue weighted by atomic mass is 35.5. The molecule has 0 fully saturated rings. The van der Waals surface area contributed by atoms with Crippen LogP contribution >= 0.6 is 11.6 Å². The van der Waals surface area contributed by atoms with E-state index in [0.717, 1.165) is 5.56 Å². The summed E-state index contributed by atoms with van der Waals surface area (Å²) in [4.78, 5) is 37.4. The number of rotatable bonds is 9. The van der Waals surface area contributed by atoms with Gasteiger partial charge in [-0.25, -0.2) is 14.4 Å². The summed E-state index contributed by atoms with van der Waals surface area (Å²) in [5, 5.41) is 23.8. The van der Waals surface area contributed by atoms with Gasteiger partial charge in [-0.05, 0) is 29.3 Å². The van der Waals surface area contributed by atoms with Gasteiger partial charge in [0.15, 0.2) is 5.82 Å². The third-order valence-corrected chi connectivity index (χ3v) is 6.51. The number of ether oxygens (including phenoxy) is 1. The van der Waals surface area contributed by atoms with E-state index in [1.54, 1.807) is 25.2 Å². The van der Waals surface area contributed by atoms with Crippen LogP contribution in [0.15, 0.2) is 48.8 Å². The predicted molar refractivity (Wildman–Crippen MR) is 142 cm³/mol. The SMILES string of the molecule is COc1cc(F)cc([C@@H](CO)NC(=O)CN2Cc3ccc(-c4nc(Nc5cnn(C)n5)ncc4Cl)cc3C2=O)c1. The summed E-state index contributed by atoms with van der Waals surface area (Å²) in [5.41, 5.74) is 2.48. The molecule has 2 aromatic carbocycles. The molecular formula is C26H24ClFN8O4. The molecular weight excluding hydrogens is 543 g/mol. The second kappa shape index (κ2) is 11.2. The third-order valence-electron chi connectivity index (χ3n) is 6.23. The Balaban J connectivity index is 1.29. The first-order valence-corrected chi connectivity index (χ1v) is 12.4. The Morgan fingerprint density at radius 1 is 1.25 bits per heavy atom. The molecule has 12 nitrogen and oxygen atoms in total. The molecule has 1 aliphatic heterocycles. The smallest absolute Gasteiger partial charge is 0.254 e. The Hall–Kier alpha value is -4.62. The minimum Gasteiger partial charge on any atom is -0.497 e. The molecule has 40 heavy (non-hydrogen) atoms. The topological polar surface area (TPSA) is 147 Å². The van der Waals surface area contributed by atoms with Gasteiger partial charge in [-0.3, -0.25) is 9.59 Å². The van der Waals surface area contributed by atoms with E-state index in [4.69, 9.17) is 16.3 Å². The standard InChI is InChI=1S/C26H24ClFN8O4/c1-35-30-10-22(34-35)32-26-29-9-20(27)24(33-26)14-3-4-15-11-36(25(39)19(15)7-14)12-23(38)31-21(13-37)16-5-17(28)8-18(6-16)40-2/h3-10,21,37H,11-13H2,1-2H3,(H,31,38)(H,29,32,33,34)/t21-/m1/s1. The van der Waals surface area contributed by atoms with E-state index in [1.807, 2.05) is 0 Å². The Morgan fingerprint density at radius 3 is 2.80 bits per heavy atom. The zero-order valence-corrected chi connectivity index (χ0v) is 22.2. The molecule has 2 aromatic heterocycles. The molecule has 2 amide bonds. The van der Waals surface area contributed by atoms with Gasteiger partial charge in [-0.2, -0.15) is 9.90 Å². The second-order valence-electron chi connectivity index (χ2n) is 8.99. The lowest BCUT2D eigenvalue weighted by Crippen LogP contribution is -2.40. The zero-order valence-electron chi connectivity index (χ0n) is 21.4. The molecule has 1 atom stereocenters. The quantitative estimate of drug-likeness (QED) is 0.278. The fraction of sp³-hybridized carbons (Fsp3) is 0.231. The van der Waals surface area contributed by atoms with Crippen molar-refractivity contribution >= 4 is 35.2 Å². The van der Waals surface area contributed by atoms with Crippen molar-refractivity contribution in [2.45, 2.75) is 12.6 Å². The maximum atomic E-state index is 13.9. The lowest BCUT2D eigenvalue weighted by atomic mass is 10.0. The van der Waals surface area contributed by atoms with Gasteiger partial charge >= 0.3 is 0 Å². The number of carbonyl (C=O) groups excluding carboxylic acids is 2. The Morgan fingerprint density at radius 2 is 2.08 bits per heavy atom. The molecule has 0 spiro atoms. The van der Waals surface area contributed by atoms with Gasteiger partial charge in [0.2, 0.25) is 11.9 Å². The Bertz CT molecular complexity index is 1600. The molecule has 0 saturated carbocycles. The summed E-state index contributed by atoms with van der Waals surface area (Å²) in [7, 11) is 3.07. The number of anilines is 2. The Labute approximate surface area is 232 Å². The molecule has 0 radical (unpaired) electrons. The third kappa shape index (κ3) is 5.70. The van der Waals surface area contributed by atoms with Gasteiger partial charge < -0.3 is 25.4 Å². The maximum Gasteiger partial charge on any atom is 0.254 e. The number of nitrogens with one attached hydrogen (secondary N) is 2. The number of amides is 2. The van der Waals surface area contributed by atoms with Crippen LogP contribution in [-0.2, 0) is 18.4 Å². The van der Waals surface area contributed by atoms with Crippen LogP contribution in [0.25, 0.3) is 11.3 Å². The zero-order chi connectivity index (χ0) is 28.4. The number of hydrogen-bond donors (Lipinski definition) is 3. The first kappa shape index (κ1) is 27.0. The highest BCUT2D eigenvalue weighted by Crippen LogP contribution is 2.32. The molecule has 5 rings (SSSR count). The van der Waals surface area contributed by atoms with Crippen LogP contribution in [0.2, 0.25) is 5.02 Å². The van der Waals surface area contributed by atoms with Gasteiger partial charge in [-0.15, -0.1) is 5.10 Å². The summed E-state index contributed by atoms with van der Waals surface area (Å²) >= 11 is 6.38. The highest BCUT2D eigenvalue weighted by molar-refractivity contribution is 6.33. The molecule has 1 aliphatic rings. The first-order chi connectivity index (χ1) is 19.2. The molecule has 0 bridgehead atoms. The normalized spacial score (nSPS) is 13.2. The van der Waals surface area contributed by atoms with Gasteiger partial charge in [0.25, 0.3) is 5.91 Å². The minimum atomic E-state index is -0.881. The van der Waals surface area contributed by atoms with E-state index >= 15 is 0 Å². The fourth-order valence-electron chi connectivity index (χ4n) is 4.33. The number of benzene rings is 2. The number of fused-ring (bicyclic) bond motifs is 1. The number of halogens is 2. The van der Waals surface area contributed by atoms with E-state index in [1.165, 1.54) is 47.4 Å². The van der Waals surface area contributed by atoms with E-state index in [9.17, 15) is 19.1 Å². The number of carbonyl (C=O) groups is 2. The molecule has 3 N–H and O–H groups in total. The Kier molecular flexibility index (Phi) is 7.58. The summed E-state index contributed by atoms with van der Waals surface area (Å²) in [6, 6.07) is 8.28. The van der Waals surface area contributed by atoms with Crippen molar-refractivity contribution in [2.75, 3.05) is 25.6 Å². The van der Waals surface area contributed by atoms with Gasteiger partial charge in [-0.1, -0.05) is 23.7 Å². The highest BCUT2D eigenvalue weighted by Gasteiger charge is 2.30. The van der Waals surface area contributed by atoms with E-state index in [0.29, 0.717) is 28.2 Å². The molecule has 14 heteroatoms. The summed E-state index contributed by atoms with van der Waals surface area (Å²) in [6.45, 7) is -0.508. The summed E-state index contributed by atoms with van der Waals surface area (Å²) < 4.78 is 19.0. The summed E-state index contributed by atoms with van der Waals surface area (Å²) in [5.74, 6) is -0.467. The number of methoxy groups -OCH3 is 1. The van der Waals surface area contributed by atoms with Crippen LogP contribution < -0.4 is 15.4 Å². The van der Waals surface area contributed by atoms with Crippen molar-refractivity contribution in [3.05, 3.63) is 76.3 Å². The molecule has 4 aromatic rings. The average Bonchev–Trinajstić information content (AvgIpc) is 3.49. The van der Waals surface area contributed by atoms with Gasteiger partial charge in [0.05, 0.1) is 42.9 Å². The van der Waals surface area contributed by atoms with Gasteiger partial charge in [0, 0.05) is 30.8 Å². The van der Waals surface area contributed by atoms with Crippen molar-refractivity contribution in [1.82, 2.24) is 35.2 Å². The monoisotopic (exact) mass is 566 g/mol. The molecule has 206 valence electrons. The maximum absolute atomic E-state index is 13.9. The van der Waals surface area contributed by atoms with E-state index in [2.05, 4.69) is 30.8 Å². The number of aromatic nitrogens is 5. The molecule has 0 unspecified atom stereocenters. The minimum absolute atomic E-state index is 0.219. The van der Waals surface area contributed by atoms with Crippen molar-refractivity contribution in [1.29, 1.82) is 0 Å². The van der Waals surface area contributed by atoms with Crippen molar-refractivity contribution in [3.63, 3.8) is 0 Å². The van der Waals surface area contributed by atoms with Crippen LogP contribution in [0.4, 0.5) is 16.2 Å². The molecule has 0 aliphatic carbocycles. The second-order valence-corrected chi connectivity index (χ2v) is 9.40. The van der Waals surface area contributed by atoms with Crippen molar-refractivity contribution in [3.8, 4) is 17.0 Å². The predicted octanol–water partition coefficient (Wildman–Crippen LogP) is 2.62. The van der Waals surface area contributed by atoms with Crippen molar-refractivity contribution in [2.24, 2.45) is 7.05 Å². The molecule has 0 saturated heterocycles. The van der Waals surface area contributed by atoms with Gasteiger partial charge in [0.1, 0.15) is 18.1 Å². The number of aryl methyl sites for hydroxylation is 1. The van der Waals surface area contributed by atoms with Crippen LogP contribution in [-0.4, -0.2) is 67.0 Å². The fourth-order valence-corrected chi connectivity index (χ4v) is 4.53. The van der Waals surface area contributed by atoms with Crippen LogP contribution in [0.3, 0.4) is 0 Å². The molecule has 3 heterocycles. The van der Waals surface area contributed by atoms with Crippen LogP contribution in [0.5, 0.6) is 5.75 Å². The number of aliphatic hydroxyl groups is 1. The lowest BCUT2D eigenvalue weighted by Gasteiger charge is -2.20. The average molecular weight is 567 g/mol. The lowest BCUT2D eigenvalue weighted by molar-refractivity contribution is -0.122.